The number of ether oxygens (including phenoxy) is 1. The smallest absolute Gasteiger partial charge is 0.0574 e. The summed E-state index contributed by atoms with van der Waals surface area (Å²) in [5, 5.41) is 0. The lowest BCUT2D eigenvalue weighted by atomic mass is 9.82. The van der Waals surface area contributed by atoms with Crippen molar-refractivity contribution >= 4 is 10.1 Å². The van der Waals surface area contributed by atoms with Crippen LogP contribution >= 0.6 is 0 Å². The second-order valence-electron chi connectivity index (χ2n) is 6.43. The van der Waals surface area contributed by atoms with Crippen molar-refractivity contribution in [3.63, 3.8) is 0 Å². The van der Waals surface area contributed by atoms with Crippen LogP contribution in [-0.4, -0.2) is 35.0 Å². The minimum absolute atomic E-state index is 0.498. The number of rotatable bonds is 4. The van der Waals surface area contributed by atoms with Crippen LogP contribution in [0.3, 0.4) is 0 Å². The maximum atomic E-state index is 12.6. The van der Waals surface area contributed by atoms with Gasteiger partial charge in [-0.15, -0.1) is 0 Å². The van der Waals surface area contributed by atoms with Crippen LogP contribution in [0.5, 0.6) is 0 Å². The minimum atomic E-state index is -2.10. The van der Waals surface area contributed by atoms with Crippen LogP contribution in [0.4, 0.5) is 0 Å². The Morgan fingerprint density at radius 3 is 2.33 bits per heavy atom. The molecule has 2 aliphatic rings. The van der Waals surface area contributed by atoms with Crippen LogP contribution in [0, 0.1) is 11.8 Å². The Kier molecular flexibility index (Phi) is 5.22. The molecule has 0 radical (unpaired) electrons. The SMILES string of the molecule is CC(C)CC1CCC(N[SH]2(=O)CCOCC2)CC1. The van der Waals surface area contributed by atoms with Crippen LogP contribution in [0.1, 0.15) is 46.0 Å². The Morgan fingerprint density at radius 2 is 1.78 bits per heavy atom. The van der Waals surface area contributed by atoms with E-state index in [1.807, 2.05) is 0 Å². The molecule has 1 saturated carbocycles. The van der Waals surface area contributed by atoms with Gasteiger partial charge in [-0.1, -0.05) is 24.0 Å². The second kappa shape index (κ2) is 6.49. The number of hydrogen-bond donors (Lipinski definition) is 2. The van der Waals surface area contributed by atoms with Crippen molar-refractivity contribution in [1.82, 2.24) is 4.72 Å². The maximum Gasteiger partial charge on any atom is 0.0574 e. The van der Waals surface area contributed by atoms with Crippen molar-refractivity contribution in [1.29, 1.82) is 0 Å². The summed E-state index contributed by atoms with van der Waals surface area (Å²) < 4.78 is 21.4. The molecule has 18 heavy (non-hydrogen) atoms. The zero-order valence-corrected chi connectivity index (χ0v) is 12.8. The molecule has 4 heteroatoms. The Hall–Kier alpha value is 0.0700. The van der Waals surface area contributed by atoms with E-state index in [0.29, 0.717) is 19.3 Å². The second-order valence-corrected chi connectivity index (χ2v) is 9.36. The Balaban J connectivity index is 1.74. The van der Waals surface area contributed by atoms with Gasteiger partial charge < -0.3 is 4.74 Å². The molecule has 2 fully saturated rings. The molecule has 1 N–H and O–H groups in total. The molecule has 1 aliphatic carbocycles. The first-order valence-corrected chi connectivity index (χ1v) is 9.59. The molecule has 0 amide bonds. The van der Waals surface area contributed by atoms with Gasteiger partial charge in [0, 0.05) is 17.5 Å². The van der Waals surface area contributed by atoms with Crippen LogP contribution in [0.25, 0.3) is 0 Å². The topological polar surface area (TPSA) is 38.3 Å². The lowest BCUT2D eigenvalue weighted by molar-refractivity contribution is 0.156. The standard InChI is InChI=1S/C14H29NO2S/c1-12(2)11-13-3-5-14(6-4-13)15-18(16)9-7-17-8-10-18/h12-14,18H,3-11H2,1-2H3,(H,15,16). The van der Waals surface area contributed by atoms with Crippen molar-refractivity contribution < 1.29 is 8.95 Å². The third-order valence-corrected chi connectivity index (χ3v) is 6.91. The van der Waals surface area contributed by atoms with Gasteiger partial charge in [-0.2, -0.15) is 0 Å². The van der Waals surface area contributed by atoms with E-state index >= 15 is 0 Å². The molecule has 0 aromatic carbocycles. The Labute approximate surface area is 113 Å². The number of hydrogen-bond acceptors (Lipinski definition) is 2. The zero-order valence-electron chi connectivity index (χ0n) is 11.9. The molecule has 1 saturated heterocycles. The molecule has 0 aromatic rings. The van der Waals surface area contributed by atoms with Crippen molar-refractivity contribution in [2.45, 2.75) is 52.0 Å². The Morgan fingerprint density at radius 1 is 1.17 bits per heavy atom. The van der Waals surface area contributed by atoms with Gasteiger partial charge in [0.1, 0.15) is 0 Å². The first-order valence-electron chi connectivity index (χ1n) is 7.51. The summed E-state index contributed by atoms with van der Waals surface area (Å²) in [6.45, 7) is 5.97. The average Bonchev–Trinajstić information content (AvgIpc) is 2.31. The quantitative estimate of drug-likeness (QED) is 0.772. The first kappa shape index (κ1) is 14.5. The molecular formula is C14H29NO2S. The zero-order chi connectivity index (χ0) is 13.0. The average molecular weight is 275 g/mol. The van der Waals surface area contributed by atoms with Crippen LogP contribution in [0.15, 0.2) is 0 Å². The van der Waals surface area contributed by atoms with Crippen LogP contribution in [0.2, 0.25) is 0 Å². The van der Waals surface area contributed by atoms with Gasteiger partial charge in [-0.3, -0.25) is 8.93 Å². The molecule has 0 unspecified atom stereocenters. The van der Waals surface area contributed by atoms with Crippen molar-refractivity contribution in [2.75, 3.05) is 24.7 Å². The van der Waals surface area contributed by atoms with E-state index in [1.165, 1.54) is 32.1 Å². The highest BCUT2D eigenvalue weighted by molar-refractivity contribution is 8.01. The Bertz CT molecular complexity index is 288. The fraction of sp³-hybridized carbons (Fsp3) is 1.00. The maximum absolute atomic E-state index is 12.6. The van der Waals surface area contributed by atoms with E-state index in [1.54, 1.807) is 0 Å². The highest BCUT2D eigenvalue weighted by Gasteiger charge is 2.27. The predicted octanol–water partition coefficient (Wildman–Crippen LogP) is 2.14. The molecule has 3 nitrogen and oxygen atoms in total. The van der Waals surface area contributed by atoms with E-state index < -0.39 is 10.1 Å². The van der Waals surface area contributed by atoms with Gasteiger partial charge in [-0.05, 0) is 43.9 Å². The monoisotopic (exact) mass is 275 g/mol. The summed E-state index contributed by atoms with van der Waals surface area (Å²) in [4.78, 5) is 0. The van der Waals surface area contributed by atoms with E-state index in [2.05, 4.69) is 18.6 Å². The molecule has 0 atom stereocenters. The summed E-state index contributed by atoms with van der Waals surface area (Å²) in [7, 11) is -2.10. The highest BCUT2D eigenvalue weighted by Crippen LogP contribution is 2.30. The fourth-order valence-electron chi connectivity index (χ4n) is 3.29. The largest absolute Gasteiger partial charge is 0.380 e. The molecule has 0 aromatic heterocycles. The lowest BCUT2D eigenvalue weighted by Crippen LogP contribution is -2.48. The van der Waals surface area contributed by atoms with Gasteiger partial charge in [0.05, 0.1) is 13.2 Å². The molecular weight excluding hydrogens is 246 g/mol. The molecule has 0 spiro atoms. The van der Waals surface area contributed by atoms with E-state index in [9.17, 15) is 4.21 Å². The van der Waals surface area contributed by atoms with Crippen LogP contribution < -0.4 is 4.72 Å². The van der Waals surface area contributed by atoms with Gasteiger partial charge in [0.15, 0.2) is 0 Å². The number of nitrogens with one attached hydrogen (secondary N) is 1. The van der Waals surface area contributed by atoms with Crippen molar-refractivity contribution in [3.8, 4) is 0 Å². The van der Waals surface area contributed by atoms with Gasteiger partial charge in [0.25, 0.3) is 0 Å². The minimum Gasteiger partial charge on any atom is -0.380 e. The molecule has 0 bridgehead atoms. The normalized spacial score (nSPS) is 34.4. The molecule has 2 rings (SSSR count). The summed E-state index contributed by atoms with van der Waals surface area (Å²) in [6, 6.07) is 0.498. The predicted molar refractivity (Wildman–Crippen MR) is 78.4 cm³/mol. The molecule has 108 valence electrons. The summed E-state index contributed by atoms with van der Waals surface area (Å²) in [6.07, 6.45) is 6.40. The van der Waals surface area contributed by atoms with Gasteiger partial charge in [0.2, 0.25) is 0 Å². The summed E-state index contributed by atoms with van der Waals surface area (Å²) >= 11 is 0. The van der Waals surface area contributed by atoms with E-state index in [0.717, 1.165) is 23.3 Å². The highest BCUT2D eigenvalue weighted by atomic mass is 32.3. The first-order chi connectivity index (χ1) is 8.57. The third kappa shape index (κ3) is 4.32. The van der Waals surface area contributed by atoms with E-state index in [4.69, 9.17) is 4.74 Å². The van der Waals surface area contributed by atoms with Gasteiger partial charge >= 0.3 is 0 Å². The molecule has 1 aliphatic heterocycles. The third-order valence-electron chi connectivity index (χ3n) is 4.26. The van der Waals surface area contributed by atoms with Gasteiger partial charge in [-0.25, -0.2) is 0 Å². The summed E-state index contributed by atoms with van der Waals surface area (Å²) in [5.41, 5.74) is 0. The summed E-state index contributed by atoms with van der Waals surface area (Å²) in [5.74, 6) is 3.18. The van der Waals surface area contributed by atoms with E-state index in [-0.39, 0.29) is 0 Å². The van der Waals surface area contributed by atoms with Crippen molar-refractivity contribution in [3.05, 3.63) is 0 Å². The number of thiol groups is 1. The molecule has 1 heterocycles. The fourth-order valence-corrected chi connectivity index (χ4v) is 5.55. The van der Waals surface area contributed by atoms with Crippen molar-refractivity contribution in [2.24, 2.45) is 11.8 Å². The lowest BCUT2D eigenvalue weighted by Gasteiger charge is -2.36. The van der Waals surface area contributed by atoms with Crippen LogP contribution in [-0.2, 0) is 14.9 Å².